The van der Waals surface area contributed by atoms with E-state index in [1.165, 1.54) is 12.1 Å². The molecule has 3 aromatic rings. The first-order chi connectivity index (χ1) is 11.7. The Morgan fingerprint density at radius 1 is 1.08 bits per heavy atom. The summed E-state index contributed by atoms with van der Waals surface area (Å²) in [4.78, 5) is 15.9. The van der Waals surface area contributed by atoms with E-state index < -0.39 is 17.5 Å². The molecule has 5 heteroatoms. The average molecular weight is 339 g/mol. The Morgan fingerprint density at radius 2 is 1.72 bits per heavy atom. The molecule has 1 aromatic heterocycles. The largest absolute Gasteiger partial charge is 0.505 e. The summed E-state index contributed by atoms with van der Waals surface area (Å²) in [6, 6.07) is 11.1. The van der Waals surface area contributed by atoms with E-state index >= 15 is 0 Å². The summed E-state index contributed by atoms with van der Waals surface area (Å²) in [7, 11) is 0. The number of aromatic nitrogens is 1. The van der Waals surface area contributed by atoms with Gasteiger partial charge in [0.1, 0.15) is 17.1 Å². The summed E-state index contributed by atoms with van der Waals surface area (Å²) in [6.45, 7) is 6.26. The molecule has 0 aliphatic rings. The van der Waals surface area contributed by atoms with Crippen LogP contribution in [0.1, 0.15) is 36.7 Å². The van der Waals surface area contributed by atoms with Crippen LogP contribution >= 0.6 is 0 Å². The summed E-state index contributed by atoms with van der Waals surface area (Å²) >= 11 is 0. The van der Waals surface area contributed by atoms with Gasteiger partial charge in [0.2, 0.25) is 0 Å². The van der Waals surface area contributed by atoms with Gasteiger partial charge in [0.25, 0.3) is 0 Å². The SMILES string of the molecule is CC(C)(C)c1ccc(-c2nc3ccc(F)cc3c(C(=O)O)c2O)cc1. The van der Waals surface area contributed by atoms with Crippen LogP contribution in [0.4, 0.5) is 4.39 Å². The molecule has 0 amide bonds. The van der Waals surface area contributed by atoms with Crippen LogP contribution in [-0.2, 0) is 5.41 Å². The van der Waals surface area contributed by atoms with E-state index in [2.05, 4.69) is 25.8 Å². The number of nitrogens with zero attached hydrogens (tertiary/aromatic N) is 1. The number of carboxylic acids is 1. The maximum Gasteiger partial charge on any atom is 0.340 e. The van der Waals surface area contributed by atoms with E-state index in [-0.39, 0.29) is 22.1 Å². The highest BCUT2D eigenvalue weighted by Crippen LogP contribution is 2.36. The topological polar surface area (TPSA) is 70.4 Å². The normalized spacial score (nSPS) is 11.7. The van der Waals surface area contributed by atoms with E-state index in [0.717, 1.165) is 11.6 Å². The minimum atomic E-state index is -1.33. The van der Waals surface area contributed by atoms with E-state index in [0.29, 0.717) is 11.1 Å². The molecule has 2 aromatic carbocycles. The lowest BCUT2D eigenvalue weighted by Crippen LogP contribution is -2.10. The number of fused-ring (bicyclic) bond motifs is 1. The van der Waals surface area contributed by atoms with Crippen LogP contribution in [0.2, 0.25) is 0 Å². The quantitative estimate of drug-likeness (QED) is 0.707. The molecular formula is C20H18FNO3. The molecule has 0 fully saturated rings. The van der Waals surface area contributed by atoms with Gasteiger partial charge in [-0.25, -0.2) is 14.2 Å². The monoisotopic (exact) mass is 339 g/mol. The first-order valence-corrected chi connectivity index (χ1v) is 7.85. The first-order valence-electron chi connectivity index (χ1n) is 7.85. The van der Waals surface area contributed by atoms with Crippen LogP contribution in [0.3, 0.4) is 0 Å². The number of benzene rings is 2. The Kier molecular flexibility index (Phi) is 3.95. The standard InChI is InChI=1S/C20H18FNO3/c1-20(2,3)12-6-4-11(5-7-12)17-18(23)16(19(24)25)14-10-13(21)8-9-15(14)22-17/h4-10,23H,1-3H3,(H,24,25). The minimum Gasteiger partial charge on any atom is -0.505 e. The summed E-state index contributed by atoms with van der Waals surface area (Å²) in [5, 5.41) is 20.0. The van der Waals surface area contributed by atoms with Crippen LogP contribution in [-0.4, -0.2) is 21.2 Å². The molecule has 0 atom stereocenters. The maximum absolute atomic E-state index is 13.5. The highest BCUT2D eigenvalue weighted by Gasteiger charge is 2.22. The average Bonchev–Trinajstić information content (AvgIpc) is 2.53. The second-order valence-corrected chi connectivity index (χ2v) is 6.98. The molecule has 0 unspecified atom stereocenters. The van der Waals surface area contributed by atoms with Crippen LogP contribution in [0.5, 0.6) is 5.75 Å². The number of rotatable bonds is 2. The van der Waals surface area contributed by atoms with Crippen LogP contribution in [0.15, 0.2) is 42.5 Å². The Balaban J connectivity index is 2.25. The molecule has 2 N–H and O–H groups in total. The number of aromatic carboxylic acids is 1. The van der Waals surface area contributed by atoms with Crippen molar-refractivity contribution in [2.45, 2.75) is 26.2 Å². The van der Waals surface area contributed by atoms with Gasteiger partial charge in [0.15, 0.2) is 5.75 Å². The van der Waals surface area contributed by atoms with Crippen molar-refractivity contribution in [3.05, 3.63) is 59.4 Å². The molecule has 4 nitrogen and oxygen atoms in total. The van der Waals surface area contributed by atoms with Gasteiger partial charge in [0.05, 0.1) is 5.52 Å². The number of hydrogen-bond acceptors (Lipinski definition) is 3. The first kappa shape index (κ1) is 16.9. The van der Waals surface area contributed by atoms with Gasteiger partial charge < -0.3 is 10.2 Å². The lowest BCUT2D eigenvalue weighted by molar-refractivity contribution is 0.0696. The van der Waals surface area contributed by atoms with Gasteiger partial charge in [-0.05, 0) is 29.2 Å². The summed E-state index contributed by atoms with van der Waals surface area (Å²) in [5.74, 6) is -2.38. The molecular weight excluding hydrogens is 321 g/mol. The van der Waals surface area contributed by atoms with Crippen LogP contribution in [0, 0.1) is 5.82 Å². The Bertz CT molecular complexity index is 973. The molecule has 0 saturated heterocycles. The smallest absolute Gasteiger partial charge is 0.340 e. The Labute approximate surface area is 144 Å². The van der Waals surface area contributed by atoms with Gasteiger partial charge in [-0.15, -0.1) is 0 Å². The van der Waals surface area contributed by atoms with Gasteiger partial charge in [0, 0.05) is 10.9 Å². The third kappa shape index (κ3) is 3.05. The highest BCUT2D eigenvalue weighted by atomic mass is 19.1. The lowest BCUT2D eigenvalue weighted by Gasteiger charge is -2.19. The van der Waals surface area contributed by atoms with Crippen molar-refractivity contribution in [2.75, 3.05) is 0 Å². The van der Waals surface area contributed by atoms with Crippen molar-refractivity contribution in [1.82, 2.24) is 4.98 Å². The molecule has 128 valence electrons. The van der Waals surface area contributed by atoms with Crippen molar-refractivity contribution in [3.8, 4) is 17.0 Å². The predicted molar refractivity (Wildman–Crippen MR) is 94.5 cm³/mol. The maximum atomic E-state index is 13.5. The van der Waals surface area contributed by atoms with Crippen molar-refractivity contribution < 1.29 is 19.4 Å². The molecule has 3 rings (SSSR count). The van der Waals surface area contributed by atoms with Gasteiger partial charge >= 0.3 is 5.97 Å². The van der Waals surface area contributed by atoms with E-state index in [4.69, 9.17) is 0 Å². The molecule has 0 aliphatic heterocycles. The zero-order chi connectivity index (χ0) is 18.4. The van der Waals surface area contributed by atoms with Crippen molar-refractivity contribution in [1.29, 1.82) is 0 Å². The van der Waals surface area contributed by atoms with E-state index in [1.807, 2.05) is 12.1 Å². The third-order valence-electron chi connectivity index (χ3n) is 4.16. The van der Waals surface area contributed by atoms with Crippen molar-refractivity contribution >= 4 is 16.9 Å². The minimum absolute atomic E-state index is 0.0266. The summed E-state index contributed by atoms with van der Waals surface area (Å²) < 4.78 is 13.5. The van der Waals surface area contributed by atoms with Gasteiger partial charge in [-0.1, -0.05) is 45.0 Å². The summed E-state index contributed by atoms with van der Waals surface area (Å²) in [6.07, 6.45) is 0. The number of halogens is 1. The molecule has 25 heavy (non-hydrogen) atoms. The number of pyridine rings is 1. The fourth-order valence-corrected chi connectivity index (χ4v) is 2.77. The Hall–Kier alpha value is -2.95. The molecule has 1 heterocycles. The lowest BCUT2D eigenvalue weighted by atomic mass is 9.86. The zero-order valence-corrected chi connectivity index (χ0v) is 14.2. The fraction of sp³-hybridized carbons (Fsp3) is 0.200. The molecule has 0 saturated carbocycles. The zero-order valence-electron chi connectivity index (χ0n) is 14.2. The fourth-order valence-electron chi connectivity index (χ4n) is 2.77. The predicted octanol–water partition coefficient (Wildman–Crippen LogP) is 4.74. The number of carbonyl (C=O) groups is 1. The van der Waals surface area contributed by atoms with Crippen molar-refractivity contribution in [3.63, 3.8) is 0 Å². The van der Waals surface area contributed by atoms with Crippen LogP contribution in [0.25, 0.3) is 22.2 Å². The molecule has 0 aliphatic carbocycles. The third-order valence-corrected chi connectivity index (χ3v) is 4.16. The van der Waals surface area contributed by atoms with E-state index in [1.54, 1.807) is 12.1 Å². The summed E-state index contributed by atoms with van der Waals surface area (Å²) in [5.41, 5.74) is 1.81. The molecule has 0 radical (unpaired) electrons. The number of hydrogen-bond donors (Lipinski definition) is 2. The number of carboxylic acid groups (broad SMARTS) is 1. The molecule has 0 spiro atoms. The van der Waals surface area contributed by atoms with Crippen LogP contribution < -0.4 is 0 Å². The molecule has 0 bridgehead atoms. The second kappa shape index (κ2) is 5.84. The second-order valence-electron chi connectivity index (χ2n) is 6.98. The van der Waals surface area contributed by atoms with E-state index in [9.17, 15) is 19.4 Å². The highest BCUT2D eigenvalue weighted by molar-refractivity contribution is 6.07. The van der Waals surface area contributed by atoms with Gasteiger partial charge in [-0.2, -0.15) is 0 Å². The number of aromatic hydroxyl groups is 1. The van der Waals surface area contributed by atoms with Crippen molar-refractivity contribution in [2.24, 2.45) is 0 Å². The Morgan fingerprint density at radius 3 is 2.28 bits per heavy atom. The van der Waals surface area contributed by atoms with Gasteiger partial charge in [-0.3, -0.25) is 0 Å².